The number of carbonyl (C=O) groups excluding carboxylic acids is 1. The third-order valence-electron chi connectivity index (χ3n) is 4.51. The molecule has 1 aromatic rings. The summed E-state index contributed by atoms with van der Waals surface area (Å²) in [4.78, 5) is 12.1. The van der Waals surface area contributed by atoms with Gasteiger partial charge in [0.15, 0.2) is 5.67 Å². The molecular weight excluding hydrogens is 335 g/mol. The molecule has 0 atom stereocenters. The van der Waals surface area contributed by atoms with E-state index >= 15 is 0 Å². The summed E-state index contributed by atoms with van der Waals surface area (Å²) >= 11 is 0. The lowest BCUT2D eigenvalue weighted by atomic mass is 9.93. The lowest BCUT2D eigenvalue weighted by Gasteiger charge is -2.34. The number of halogens is 1. The van der Waals surface area contributed by atoms with Crippen LogP contribution in [0.4, 0.5) is 4.39 Å². The Morgan fingerprint density at radius 1 is 1.33 bits per heavy atom. The van der Waals surface area contributed by atoms with Crippen molar-refractivity contribution in [1.29, 1.82) is 0 Å². The van der Waals surface area contributed by atoms with Crippen LogP contribution in [0.3, 0.4) is 0 Å². The normalized spacial score (nSPS) is 21.2. The van der Waals surface area contributed by atoms with Gasteiger partial charge in [0.2, 0.25) is 10.0 Å². The monoisotopic (exact) mass is 356 g/mol. The predicted molar refractivity (Wildman–Crippen MR) is 86.0 cm³/mol. The van der Waals surface area contributed by atoms with E-state index in [2.05, 4.69) is 5.32 Å². The first-order chi connectivity index (χ1) is 11.3. The smallest absolute Gasteiger partial charge is 0.257 e. The Hall–Kier alpha value is -1.67. The summed E-state index contributed by atoms with van der Waals surface area (Å²) in [5, 5.41) is 2.67. The maximum atomic E-state index is 14.8. The van der Waals surface area contributed by atoms with E-state index in [9.17, 15) is 17.6 Å². The van der Waals surface area contributed by atoms with Crippen LogP contribution in [-0.4, -0.2) is 50.5 Å². The van der Waals surface area contributed by atoms with Gasteiger partial charge < -0.3 is 10.1 Å². The van der Waals surface area contributed by atoms with E-state index in [0.717, 1.165) is 12.8 Å². The van der Waals surface area contributed by atoms with Gasteiger partial charge in [0.25, 0.3) is 5.91 Å². The second-order valence-corrected chi connectivity index (χ2v) is 8.23. The highest BCUT2D eigenvalue weighted by molar-refractivity contribution is 7.89. The number of sulfonamides is 1. The van der Waals surface area contributed by atoms with Crippen LogP contribution >= 0.6 is 0 Å². The highest BCUT2D eigenvalue weighted by Gasteiger charge is 2.45. The number of nitrogens with one attached hydrogen (secondary N) is 1. The van der Waals surface area contributed by atoms with Gasteiger partial charge in [-0.15, -0.1) is 0 Å². The molecule has 1 saturated heterocycles. The Morgan fingerprint density at radius 3 is 2.58 bits per heavy atom. The summed E-state index contributed by atoms with van der Waals surface area (Å²) in [6.45, 7) is -0.0394. The zero-order valence-corrected chi connectivity index (χ0v) is 14.3. The van der Waals surface area contributed by atoms with Crippen LogP contribution in [0.15, 0.2) is 29.2 Å². The van der Waals surface area contributed by atoms with Crippen LogP contribution in [0.5, 0.6) is 5.75 Å². The van der Waals surface area contributed by atoms with Crippen molar-refractivity contribution in [3.05, 3.63) is 24.3 Å². The fraction of sp³-hybridized carbons (Fsp3) is 0.562. The van der Waals surface area contributed by atoms with E-state index in [1.165, 1.54) is 23.5 Å². The van der Waals surface area contributed by atoms with Crippen LogP contribution < -0.4 is 10.1 Å². The molecule has 132 valence electrons. The Morgan fingerprint density at radius 2 is 2.00 bits per heavy atom. The third kappa shape index (κ3) is 3.39. The maximum Gasteiger partial charge on any atom is 0.257 e. The summed E-state index contributed by atoms with van der Waals surface area (Å²) < 4.78 is 46.4. The first-order valence-corrected chi connectivity index (χ1v) is 9.43. The highest BCUT2D eigenvalue weighted by atomic mass is 32.2. The van der Waals surface area contributed by atoms with Crippen LogP contribution in [-0.2, 0) is 14.8 Å². The molecule has 0 bridgehead atoms. The zero-order valence-electron chi connectivity index (χ0n) is 13.5. The highest BCUT2D eigenvalue weighted by Crippen LogP contribution is 2.32. The number of carbonyl (C=O) groups is 1. The second kappa shape index (κ2) is 6.33. The van der Waals surface area contributed by atoms with Crippen molar-refractivity contribution in [2.45, 2.75) is 42.3 Å². The van der Waals surface area contributed by atoms with Gasteiger partial charge in [-0.05, 0) is 25.0 Å². The minimum absolute atomic E-state index is 0.0197. The fourth-order valence-corrected chi connectivity index (χ4v) is 4.24. The van der Waals surface area contributed by atoms with Crippen molar-refractivity contribution < 1.29 is 22.3 Å². The Labute approximate surface area is 141 Å². The van der Waals surface area contributed by atoms with Crippen molar-refractivity contribution >= 4 is 15.9 Å². The van der Waals surface area contributed by atoms with E-state index in [1.54, 1.807) is 12.1 Å². The Kier molecular flexibility index (Phi) is 4.52. The molecule has 2 aliphatic rings. The minimum atomic E-state index is -3.73. The van der Waals surface area contributed by atoms with Crippen molar-refractivity contribution in [3.63, 3.8) is 0 Å². The molecule has 0 aromatic heterocycles. The topological polar surface area (TPSA) is 75.7 Å². The first-order valence-electron chi connectivity index (χ1n) is 7.99. The molecule has 2 fully saturated rings. The number of alkyl halides is 1. The molecule has 1 aromatic carbocycles. The minimum Gasteiger partial charge on any atom is -0.497 e. The van der Waals surface area contributed by atoms with Crippen molar-refractivity contribution in [2.75, 3.05) is 20.2 Å². The molecule has 8 heteroatoms. The fourth-order valence-electron chi connectivity index (χ4n) is 2.76. The molecule has 1 amide bonds. The molecule has 0 spiro atoms. The van der Waals surface area contributed by atoms with Gasteiger partial charge in [-0.2, -0.15) is 4.31 Å². The number of rotatable bonds is 5. The first kappa shape index (κ1) is 17.2. The lowest BCUT2D eigenvalue weighted by Crippen LogP contribution is -2.52. The van der Waals surface area contributed by atoms with E-state index in [1.807, 2.05) is 0 Å². The van der Waals surface area contributed by atoms with Crippen LogP contribution in [0.1, 0.15) is 25.7 Å². The van der Waals surface area contributed by atoms with Crippen molar-refractivity contribution in [2.24, 2.45) is 0 Å². The third-order valence-corrected chi connectivity index (χ3v) is 6.41. The maximum absolute atomic E-state index is 14.8. The second-order valence-electron chi connectivity index (χ2n) is 6.30. The molecule has 1 saturated carbocycles. The van der Waals surface area contributed by atoms with Crippen LogP contribution in [0.2, 0.25) is 0 Å². The summed E-state index contributed by atoms with van der Waals surface area (Å²) in [5.41, 5.74) is -1.98. The predicted octanol–water partition coefficient (Wildman–Crippen LogP) is 1.47. The van der Waals surface area contributed by atoms with E-state index in [-0.39, 0.29) is 36.9 Å². The van der Waals surface area contributed by atoms with Gasteiger partial charge in [-0.3, -0.25) is 4.79 Å². The van der Waals surface area contributed by atoms with Gasteiger partial charge in [0, 0.05) is 38.0 Å². The van der Waals surface area contributed by atoms with Gasteiger partial charge in [-0.1, -0.05) is 6.07 Å². The summed E-state index contributed by atoms with van der Waals surface area (Å²) in [6, 6.07) is 6.26. The standard InChI is InChI=1S/C16H21FN2O4S/c1-23-13-3-2-4-14(11-13)24(21,22)19-9-7-16(17,8-10-19)15(20)18-12-5-6-12/h2-4,11-12H,5-10H2,1H3,(H,18,20). The summed E-state index contributed by atoms with van der Waals surface area (Å²) in [5.74, 6) is -0.167. The lowest BCUT2D eigenvalue weighted by molar-refractivity contribution is -0.135. The summed E-state index contributed by atoms with van der Waals surface area (Å²) in [7, 11) is -2.27. The number of ether oxygens (including phenoxy) is 1. The molecule has 1 N–H and O–H groups in total. The molecule has 6 nitrogen and oxygen atoms in total. The van der Waals surface area contributed by atoms with E-state index in [4.69, 9.17) is 4.74 Å². The molecule has 0 radical (unpaired) electrons. The molecule has 1 aliphatic heterocycles. The van der Waals surface area contributed by atoms with E-state index in [0.29, 0.717) is 5.75 Å². The van der Waals surface area contributed by atoms with Crippen molar-refractivity contribution in [3.8, 4) is 5.75 Å². The Balaban J connectivity index is 1.69. The number of hydrogen-bond donors (Lipinski definition) is 1. The number of methoxy groups -OCH3 is 1. The van der Waals surface area contributed by atoms with Crippen LogP contribution in [0, 0.1) is 0 Å². The number of amides is 1. The number of piperidine rings is 1. The van der Waals surface area contributed by atoms with Gasteiger partial charge in [0.1, 0.15) is 5.75 Å². The molecule has 0 unspecified atom stereocenters. The quantitative estimate of drug-likeness (QED) is 0.867. The van der Waals surface area contributed by atoms with Gasteiger partial charge in [-0.25, -0.2) is 12.8 Å². The molecule has 1 heterocycles. The molecule has 1 aliphatic carbocycles. The Bertz CT molecular complexity index is 725. The van der Waals surface area contributed by atoms with Gasteiger partial charge in [0.05, 0.1) is 12.0 Å². The molecule has 3 rings (SSSR count). The SMILES string of the molecule is COc1cccc(S(=O)(=O)N2CCC(F)(C(=O)NC3CC3)CC2)c1. The van der Waals surface area contributed by atoms with E-state index < -0.39 is 21.6 Å². The van der Waals surface area contributed by atoms with Crippen molar-refractivity contribution in [1.82, 2.24) is 9.62 Å². The summed E-state index contributed by atoms with van der Waals surface area (Å²) in [6.07, 6.45) is 1.51. The van der Waals surface area contributed by atoms with Gasteiger partial charge >= 0.3 is 0 Å². The zero-order chi connectivity index (χ0) is 17.4. The molecular formula is C16H21FN2O4S. The number of nitrogens with zero attached hydrogens (tertiary/aromatic N) is 1. The molecule has 24 heavy (non-hydrogen) atoms. The largest absolute Gasteiger partial charge is 0.497 e. The average Bonchev–Trinajstić information content (AvgIpc) is 3.39. The average molecular weight is 356 g/mol. The number of hydrogen-bond acceptors (Lipinski definition) is 4. The van der Waals surface area contributed by atoms with Crippen LogP contribution in [0.25, 0.3) is 0 Å². The number of benzene rings is 1.